The largest absolute Gasteiger partial charge is 0.418 e. The van der Waals surface area contributed by atoms with Crippen LogP contribution in [0.2, 0.25) is 5.02 Å². The maximum Gasteiger partial charge on any atom is 0.418 e. The topological polar surface area (TPSA) is 52.0 Å². The molecule has 0 aliphatic rings. The Hall–Kier alpha value is -0.940. The molecule has 0 heterocycles. The predicted octanol–water partition coefficient (Wildman–Crippen LogP) is 2.40. The van der Waals surface area contributed by atoms with Gasteiger partial charge in [-0.1, -0.05) is 11.6 Å². The lowest BCUT2D eigenvalue weighted by atomic mass is 10.1. The van der Waals surface area contributed by atoms with E-state index < -0.39 is 17.4 Å². The molecule has 0 radical (unpaired) electrons. The third kappa shape index (κ3) is 1.93. The molecule has 78 valence electrons. The molecule has 0 aliphatic carbocycles. The molecule has 0 aliphatic heterocycles. The molecule has 0 saturated carbocycles. The summed E-state index contributed by atoms with van der Waals surface area (Å²) >= 11 is 5.62. The molecule has 0 unspecified atom stereocenters. The lowest BCUT2D eigenvalue weighted by Gasteiger charge is -2.13. The average molecular weight is 225 g/mol. The normalized spacial score (nSPS) is 11.8. The van der Waals surface area contributed by atoms with E-state index in [4.69, 9.17) is 23.1 Å². The summed E-state index contributed by atoms with van der Waals surface area (Å²) in [5.74, 6) is 0. The molecule has 0 fully saturated rings. The fraction of sp³-hybridized carbons (Fsp3) is 0.250. The van der Waals surface area contributed by atoms with Crippen LogP contribution in [0.5, 0.6) is 0 Å². The van der Waals surface area contributed by atoms with Gasteiger partial charge in [0.2, 0.25) is 0 Å². The van der Waals surface area contributed by atoms with Crippen molar-refractivity contribution in [2.24, 2.45) is 5.73 Å². The molecule has 0 spiro atoms. The van der Waals surface area contributed by atoms with Gasteiger partial charge in [-0.25, -0.2) is 0 Å². The third-order valence-corrected chi connectivity index (χ3v) is 2.16. The van der Waals surface area contributed by atoms with E-state index >= 15 is 0 Å². The molecule has 6 heteroatoms. The number of nitrogen functional groups attached to an aromatic ring is 1. The van der Waals surface area contributed by atoms with E-state index in [1.54, 1.807) is 0 Å². The van der Waals surface area contributed by atoms with Gasteiger partial charge in [-0.3, -0.25) is 0 Å². The number of hydrogen-bond donors (Lipinski definition) is 2. The second kappa shape index (κ2) is 3.67. The van der Waals surface area contributed by atoms with Crippen molar-refractivity contribution in [3.8, 4) is 0 Å². The molecule has 1 aromatic carbocycles. The summed E-state index contributed by atoms with van der Waals surface area (Å²) in [6.45, 7) is -0.116. The first-order valence-electron chi connectivity index (χ1n) is 3.72. The van der Waals surface area contributed by atoms with Crippen LogP contribution in [0.1, 0.15) is 11.1 Å². The lowest BCUT2D eigenvalue weighted by molar-refractivity contribution is -0.136. The molecule has 14 heavy (non-hydrogen) atoms. The summed E-state index contributed by atoms with van der Waals surface area (Å²) in [6.07, 6.45) is -4.47. The summed E-state index contributed by atoms with van der Waals surface area (Å²) in [5, 5.41) is 0.151. The van der Waals surface area contributed by atoms with Gasteiger partial charge in [0.25, 0.3) is 0 Å². The highest BCUT2D eigenvalue weighted by Gasteiger charge is 2.33. The van der Waals surface area contributed by atoms with E-state index in [0.29, 0.717) is 0 Å². The Balaban J connectivity index is 3.36. The van der Waals surface area contributed by atoms with Gasteiger partial charge in [0.15, 0.2) is 0 Å². The van der Waals surface area contributed by atoms with Gasteiger partial charge in [0.05, 0.1) is 5.56 Å². The average Bonchev–Trinajstić information content (AvgIpc) is 2.02. The minimum Gasteiger partial charge on any atom is -0.398 e. The minimum atomic E-state index is -4.47. The van der Waals surface area contributed by atoms with Gasteiger partial charge >= 0.3 is 6.18 Å². The fourth-order valence-electron chi connectivity index (χ4n) is 1.09. The number of nitrogens with two attached hydrogens (primary N) is 2. The minimum absolute atomic E-state index is 0.116. The molecule has 0 amide bonds. The first kappa shape index (κ1) is 11.1. The second-order valence-corrected chi connectivity index (χ2v) is 3.10. The van der Waals surface area contributed by atoms with Crippen molar-refractivity contribution in [3.05, 3.63) is 28.3 Å². The van der Waals surface area contributed by atoms with Gasteiger partial charge in [0.1, 0.15) is 0 Å². The Morgan fingerprint density at radius 3 is 2.29 bits per heavy atom. The highest BCUT2D eigenvalue weighted by atomic mass is 35.5. The van der Waals surface area contributed by atoms with Gasteiger partial charge in [0, 0.05) is 22.8 Å². The van der Waals surface area contributed by atoms with Crippen molar-refractivity contribution in [3.63, 3.8) is 0 Å². The van der Waals surface area contributed by atoms with Crippen LogP contribution in [-0.4, -0.2) is 0 Å². The van der Waals surface area contributed by atoms with E-state index in [1.807, 2.05) is 0 Å². The Kier molecular flexibility index (Phi) is 2.92. The van der Waals surface area contributed by atoms with Gasteiger partial charge < -0.3 is 11.5 Å². The van der Waals surface area contributed by atoms with E-state index in [2.05, 4.69) is 0 Å². The highest BCUT2D eigenvalue weighted by Crippen LogP contribution is 2.37. The Morgan fingerprint density at radius 1 is 1.29 bits per heavy atom. The maximum atomic E-state index is 12.3. The van der Waals surface area contributed by atoms with Crippen molar-refractivity contribution in [2.45, 2.75) is 12.7 Å². The van der Waals surface area contributed by atoms with E-state index in [9.17, 15) is 13.2 Å². The molecule has 1 aromatic rings. The van der Waals surface area contributed by atoms with Crippen molar-refractivity contribution in [1.29, 1.82) is 0 Å². The fourth-order valence-corrected chi connectivity index (χ4v) is 1.33. The van der Waals surface area contributed by atoms with Crippen molar-refractivity contribution in [2.75, 3.05) is 5.73 Å². The Bertz CT molecular complexity index is 349. The van der Waals surface area contributed by atoms with E-state index in [0.717, 1.165) is 12.1 Å². The van der Waals surface area contributed by atoms with Crippen molar-refractivity contribution in [1.82, 2.24) is 0 Å². The molecular formula is C8H8ClF3N2. The smallest absolute Gasteiger partial charge is 0.398 e. The molecule has 0 atom stereocenters. The number of alkyl halides is 3. The van der Waals surface area contributed by atoms with E-state index in [-0.39, 0.29) is 17.1 Å². The molecule has 1 rings (SSSR count). The van der Waals surface area contributed by atoms with Gasteiger partial charge in [-0.2, -0.15) is 13.2 Å². The van der Waals surface area contributed by atoms with Crippen LogP contribution in [0.3, 0.4) is 0 Å². The number of rotatable bonds is 1. The molecule has 0 bridgehead atoms. The SMILES string of the molecule is NCc1c(Cl)ccc(C(F)(F)F)c1N. The van der Waals surface area contributed by atoms with Crippen LogP contribution < -0.4 is 11.5 Å². The number of anilines is 1. The Labute approximate surface area is 83.6 Å². The first-order chi connectivity index (χ1) is 6.38. The summed E-state index contributed by atoms with van der Waals surface area (Å²) in [6, 6.07) is 1.99. The lowest BCUT2D eigenvalue weighted by Crippen LogP contribution is -2.12. The standard InChI is InChI=1S/C8H8ClF3N2/c9-6-2-1-5(8(10,11)12)7(14)4(6)3-13/h1-2H,3,13-14H2. The second-order valence-electron chi connectivity index (χ2n) is 2.69. The zero-order valence-electron chi connectivity index (χ0n) is 7.03. The third-order valence-electron chi connectivity index (χ3n) is 1.81. The van der Waals surface area contributed by atoms with Crippen LogP contribution >= 0.6 is 11.6 Å². The van der Waals surface area contributed by atoms with Crippen LogP contribution in [-0.2, 0) is 12.7 Å². The highest BCUT2D eigenvalue weighted by molar-refractivity contribution is 6.31. The predicted molar refractivity (Wildman–Crippen MR) is 48.8 cm³/mol. The number of halogens is 4. The molecule has 4 N–H and O–H groups in total. The van der Waals surface area contributed by atoms with Gasteiger partial charge in [-0.05, 0) is 12.1 Å². The molecular weight excluding hydrogens is 217 g/mol. The molecule has 0 saturated heterocycles. The number of benzene rings is 1. The summed E-state index contributed by atoms with van der Waals surface area (Å²) < 4.78 is 37.0. The Morgan fingerprint density at radius 2 is 1.86 bits per heavy atom. The maximum absolute atomic E-state index is 12.3. The molecule has 2 nitrogen and oxygen atoms in total. The van der Waals surface area contributed by atoms with Crippen molar-refractivity contribution < 1.29 is 13.2 Å². The quantitative estimate of drug-likeness (QED) is 0.720. The number of hydrogen-bond acceptors (Lipinski definition) is 2. The summed E-state index contributed by atoms with van der Waals surface area (Å²) in [7, 11) is 0. The zero-order chi connectivity index (χ0) is 10.9. The van der Waals surface area contributed by atoms with Crippen LogP contribution in [0, 0.1) is 0 Å². The van der Waals surface area contributed by atoms with Crippen LogP contribution in [0.25, 0.3) is 0 Å². The summed E-state index contributed by atoms with van der Waals surface area (Å²) in [4.78, 5) is 0. The zero-order valence-corrected chi connectivity index (χ0v) is 7.78. The van der Waals surface area contributed by atoms with Crippen LogP contribution in [0.15, 0.2) is 12.1 Å². The van der Waals surface area contributed by atoms with E-state index in [1.165, 1.54) is 0 Å². The monoisotopic (exact) mass is 224 g/mol. The van der Waals surface area contributed by atoms with Crippen molar-refractivity contribution >= 4 is 17.3 Å². The van der Waals surface area contributed by atoms with Gasteiger partial charge in [-0.15, -0.1) is 0 Å². The molecule has 0 aromatic heterocycles. The van der Waals surface area contributed by atoms with Crippen LogP contribution in [0.4, 0.5) is 18.9 Å². The first-order valence-corrected chi connectivity index (χ1v) is 4.10. The summed E-state index contributed by atoms with van der Waals surface area (Å²) in [5.41, 5.74) is 9.36.